The van der Waals surface area contributed by atoms with E-state index in [1.54, 1.807) is 0 Å². The van der Waals surface area contributed by atoms with Crippen molar-refractivity contribution < 1.29 is 9.84 Å². The normalized spacial score (nSPS) is 17.4. The van der Waals surface area contributed by atoms with E-state index in [1.807, 2.05) is 25.1 Å². The van der Waals surface area contributed by atoms with Crippen LogP contribution in [-0.2, 0) is 0 Å². The van der Waals surface area contributed by atoms with Gasteiger partial charge in [0.15, 0.2) is 0 Å². The first-order valence-electron chi connectivity index (χ1n) is 7.13. The van der Waals surface area contributed by atoms with Gasteiger partial charge in [-0.15, -0.1) is 0 Å². The van der Waals surface area contributed by atoms with Crippen LogP contribution in [-0.4, -0.2) is 67.4 Å². The number of nitrogens with zero attached hydrogens (tertiary/aromatic N) is 2. The number of ether oxygens (including phenoxy) is 1. The molecule has 1 saturated heterocycles. The van der Waals surface area contributed by atoms with Crippen LogP contribution < -0.4 is 4.74 Å². The van der Waals surface area contributed by atoms with Gasteiger partial charge in [-0.3, -0.25) is 9.80 Å². The van der Waals surface area contributed by atoms with E-state index in [0.717, 1.165) is 50.6 Å². The Hall–Kier alpha value is -0.810. The standard InChI is InChI=1S/C15H23ClN2O2/c1-13-2-3-14(16)15(12-13)20-11-9-18-6-4-17(5-7-18)8-10-19/h2-3,12,19H,4-11H2,1H3. The molecule has 112 valence electrons. The molecule has 2 rings (SSSR count). The van der Waals surface area contributed by atoms with Gasteiger partial charge in [0.05, 0.1) is 11.6 Å². The number of hydrogen-bond donors (Lipinski definition) is 1. The predicted molar refractivity (Wildman–Crippen MR) is 81.6 cm³/mol. The van der Waals surface area contributed by atoms with E-state index in [-0.39, 0.29) is 6.61 Å². The summed E-state index contributed by atoms with van der Waals surface area (Å²) in [6.07, 6.45) is 0. The van der Waals surface area contributed by atoms with E-state index in [9.17, 15) is 0 Å². The minimum Gasteiger partial charge on any atom is -0.491 e. The molecule has 1 aliphatic rings. The van der Waals surface area contributed by atoms with E-state index in [2.05, 4.69) is 9.80 Å². The molecule has 1 aromatic carbocycles. The molecule has 0 saturated carbocycles. The zero-order valence-electron chi connectivity index (χ0n) is 12.0. The molecule has 1 aliphatic heterocycles. The molecule has 0 aromatic heterocycles. The molecule has 20 heavy (non-hydrogen) atoms. The van der Waals surface area contributed by atoms with Crippen molar-refractivity contribution in [2.45, 2.75) is 6.92 Å². The van der Waals surface area contributed by atoms with Crippen LogP contribution in [0.3, 0.4) is 0 Å². The second-order valence-electron chi connectivity index (χ2n) is 5.19. The summed E-state index contributed by atoms with van der Waals surface area (Å²) in [6.45, 7) is 8.73. The van der Waals surface area contributed by atoms with Crippen LogP contribution in [0, 0.1) is 6.92 Å². The van der Waals surface area contributed by atoms with Crippen molar-refractivity contribution in [2.75, 3.05) is 52.5 Å². The lowest BCUT2D eigenvalue weighted by molar-refractivity contribution is 0.102. The first-order valence-corrected chi connectivity index (χ1v) is 7.51. The lowest BCUT2D eigenvalue weighted by atomic mass is 10.2. The number of piperazine rings is 1. The summed E-state index contributed by atoms with van der Waals surface area (Å²) >= 11 is 6.10. The summed E-state index contributed by atoms with van der Waals surface area (Å²) in [5.74, 6) is 0.769. The number of halogens is 1. The maximum atomic E-state index is 8.91. The molecular weight excluding hydrogens is 276 g/mol. The van der Waals surface area contributed by atoms with Gasteiger partial charge in [0.25, 0.3) is 0 Å². The van der Waals surface area contributed by atoms with Crippen molar-refractivity contribution in [3.8, 4) is 5.75 Å². The van der Waals surface area contributed by atoms with Crippen molar-refractivity contribution in [3.63, 3.8) is 0 Å². The lowest BCUT2D eigenvalue weighted by Crippen LogP contribution is -2.48. The molecule has 0 atom stereocenters. The topological polar surface area (TPSA) is 35.9 Å². The van der Waals surface area contributed by atoms with Crippen LogP contribution >= 0.6 is 11.6 Å². The number of benzene rings is 1. The van der Waals surface area contributed by atoms with Gasteiger partial charge in [-0.25, -0.2) is 0 Å². The maximum absolute atomic E-state index is 8.91. The minimum absolute atomic E-state index is 0.245. The fraction of sp³-hybridized carbons (Fsp3) is 0.600. The van der Waals surface area contributed by atoms with E-state index >= 15 is 0 Å². The van der Waals surface area contributed by atoms with Crippen molar-refractivity contribution in [1.82, 2.24) is 9.80 Å². The van der Waals surface area contributed by atoms with Gasteiger partial charge in [0.1, 0.15) is 12.4 Å². The second kappa shape index (κ2) is 7.84. The third kappa shape index (κ3) is 4.63. The van der Waals surface area contributed by atoms with Crippen molar-refractivity contribution in [2.24, 2.45) is 0 Å². The number of aryl methyl sites for hydroxylation is 1. The van der Waals surface area contributed by atoms with Crippen LogP contribution in [0.5, 0.6) is 5.75 Å². The lowest BCUT2D eigenvalue weighted by Gasteiger charge is -2.34. The first kappa shape index (κ1) is 15.6. The quantitative estimate of drug-likeness (QED) is 0.866. The first-order chi connectivity index (χ1) is 9.69. The van der Waals surface area contributed by atoms with Gasteiger partial charge in [-0.2, -0.15) is 0 Å². The molecule has 0 bridgehead atoms. The predicted octanol–water partition coefficient (Wildman–Crippen LogP) is 1.64. The third-order valence-corrected chi connectivity index (χ3v) is 3.95. The zero-order valence-corrected chi connectivity index (χ0v) is 12.8. The summed E-state index contributed by atoms with van der Waals surface area (Å²) in [5, 5.41) is 9.58. The molecule has 0 unspecified atom stereocenters. The highest BCUT2D eigenvalue weighted by molar-refractivity contribution is 6.32. The van der Waals surface area contributed by atoms with Gasteiger partial charge >= 0.3 is 0 Å². The molecule has 0 radical (unpaired) electrons. The monoisotopic (exact) mass is 298 g/mol. The zero-order chi connectivity index (χ0) is 14.4. The highest BCUT2D eigenvalue weighted by Crippen LogP contribution is 2.25. The Morgan fingerprint density at radius 1 is 1.15 bits per heavy atom. The molecule has 0 amide bonds. The van der Waals surface area contributed by atoms with Gasteiger partial charge < -0.3 is 9.84 Å². The Morgan fingerprint density at radius 2 is 1.80 bits per heavy atom. The average molecular weight is 299 g/mol. The summed E-state index contributed by atoms with van der Waals surface area (Å²) in [4.78, 5) is 4.67. The summed E-state index contributed by atoms with van der Waals surface area (Å²) in [7, 11) is 0. The fourth-order valence-electron chi connectivity index (χ4n) is 2.38. The molecule has 1 heterocycles. The SMILES string of the molecule is Cc1ccc(Cl)c(OCCN2CCN(CCO)CC2)c1. The van der Waals surface area contributed by atoms with Crippen molar-refractivity contribution in [1.29, 1.82) is 0 Å². The van der Waals surface area contributed by atoms with Crippen LogP contribution in [0.15, 0.2) is 18.2 Å². The average Bonchev–Trinajstić information content (AvgIpc) is 2.45. The highest BCUT2D eigenvalue weighted by Gasteiger charge is 2.15. The molecule has 0 aliphatic carbocycles. The fourth-order valence-corrected chi connectivity index (χ4v) is 2.56. The molecule has 1 fully saturated rings. The molecule has 5 heteroatoms. The number of β-amino-alcohol motifs (C(OH)–C–C–N with tert-alkyl or cyclic N) is 1. The van der Waals surface area contributed by atoms with Crippen LogP contribution in [0.4, 0.5) is 0 Å². The summed E-state index contributed by atoms with van der Waals surface area (Å²) in [5.41, 5.74) is 1.15. The van der Waals surface area contributed by atoms with Gasteiger partial charge in [-0.05, 0) is 24.6 Å². The number of aliphatic hydroxyl groups is 1. The van der Waals surface area contributed by atoms with Crippen molar-refractivity contribution in [3.05, 3.63) is 28.8 Å². The number of hydrogen-bond acceptors (Lipinski definition) is 4. The summed E-state index contributed by atoms with van der Waals surface area (Å²) in [6, 6.07) is 5.83. The highest BCUT2D eigenvalue weighted by atomic mass is 35.5. The van der Waals surface area contributed by atoms with Crippen LogP contribution in [0.25, 0.3) is 0 Å². The van der Waals surface area contributed by atoms with E-state index < -0.39 is 0 Å². The Labute approximate surface area is 125 Å². The van der Waals surface area contributed by atoms with Gasteiger partial charge in [0.2, 0.25) is 0 Å². The Kier molecular flexibility index (Phi) is 6.10. The minimum atomic E-state index is 0.245. The van der Waals surface area contributed by atoms with Crippen molar-refractivity contribution >= 4 is 11.6 Å². The molecule has 4 nitrogen and oxygen atoms in total. The van der Waals surface area contributed by atoms with Gasteiger partial charge in [0, 0.05) is 39.3 Å². The molecule has 1 aromatic rings. The van der Waals surface area contributed by atoms with Crippen LogP contribution in [0.2, 0.25) is 5.02 Å². The summed E-state index contributed by atoms with van der Waals surface area (Å²) < 4.78 is 5.77. The van der Waals surface area contributed by atoms with Gasteiger partial charge in [-0.1, -0.05) is 17.7 Å². The van der Waals surface area contributed by atoms with E-state index in [0.29, 0.717) is 11.6 Å². The molecule has 0 spiro atoms. The Morgan fingerprint density at radius 3 is 2.45 bits per heavy atom. The largest absolute Gasteiger partial charge is 0.491 e. The Balaban J connectivity index is 1.70. The molecule has 1 N–H and O–H groups in total. The Bertz CT molecular complexity index is 420. The van der Waals surface area contributed by atoms with E-state index in [1.165, 1.54) is 0 Å². The molecular formula is C15H23ClN2O2. The number of aliphatic hydroxyl groups excluding tert-OH is 1. The van der Waals surface area contributed by atoms with E-state index in [4.69, 9.17) is 21.4 Å². The smallest absolute Gasteiger partial charge is 0.138 e. The third-order valence-electron chi connectivity index (χ3n) is 3.63. The second-order valence-corrected chi connectivity index (χ2v) is 5.60. The number of rotatable bonds is 6. The van der Waals surface area contributed by atoms with Crippen LogP contribution in [0.1, 0.15) is 5.56 Å². The maximum Gasteiger partial charge on any atom is 0.138 e.